The summed E-state index contributed by atoms with van der Waals surface area (Å²) in [6.45, 7) is 2.85. The molecular formula is C13H18ClNO3. The Balaban J connectivity index is 2.62. The Bertz CT molecular complexity index is 423. The van der Waals surface area contributed by atoms with Gasteiger partial charge in [0.15, 0.2) is 0 Å². The second-order valence-electron chi connectivity index (χ2n) is 4.40. The lowest BCUT2D eigenvalue weighted by atomic mass is 10.1. The van der Waals surface area contributed by atoms with E-state index >= 15 is 0 Å². The molecule has 0 aliphatic carbocycles. The second-order valence-corrected chi connectivity index (χ2v) is 4.81. The average molecular weight is 272 g/mol. The summed E-state index contributed by atoms with van der Waals surface area (Å²) >= 11 is 6.03. The zero-order valence-electron chi connectivity index (χ0n) is 10.8. The van der Waals surface area contributed by atoms with Gasteiger partial charge in [-0.15, -0.1) is 0 Å². The number of hydrogen-bond donors (Lipinski definition) is 1. The summed E-state index contributed by atoms with van der Waals surface area (Å²) in [5, 5.41) is 9.41. The Morgan fingerprint density at radius 2 is 2.22 bits per heavy atom. The predicted octanol–water partition coefficient (Wildman–Crippen LogP) is 2.50. The number of halogens is 1. The van der Waals surface area contributed by atoms with Gasteiger partial charge in [-0.25, -0.2) is 0 Å². The van der Waals surface area contributed by atoms with E-state index in [2.05, 4.69) is 0 Å². The van der Waals surface area contributed by atoms with Gasteiger partial charge >= 0.3 is 5.97 Å². The number of ether oxygens (including phenoxy) is 1. The van der Waals surface area contributed by atoms with Gasteiger partial charge in [0.2, 0.25) is 0 Å². The number of carboxylic acid groups (broad SMARTS) is 1. The number of methoxy groups -OCH3 is 1. The Labute approximate surface area is 112 Å². The lowest BCUT2D eigenvalue weighted by Crippen LogP contribution is -2.28. The predicted molar refractivity (Wildman–Crippen MR) is 71.1 cm³/mol. The Morgan fingerprint density at radius 1 is 1.56 bits per heavy atom. The standard InChI is InChI=1S/C13H18ClNO3/c1-9(13(16)17)7-15(2)8-10-4-5-12(18-3)11(14)6-10/h4-6,9H,7-8H2,1-3H3,(H,16,17). The van der Waals surface area contributed by atoms with E-state index in [1.165, 1.54) is 0 Å². The van der Waals surface area contributed by atoms with E-state index in [1.807, 2.05) is 30.1 Å². The van der Waals surface area contributed by atoms with Crippen LogP contribution in [0, 0.1) is 5.92 Å². The fraction of sp³-hybridized carbons (Fsp3) is 0.462. The summed E-state index contributed by atoms with van der Waals surface area (Å²) in [7, 11) is 3.46. The highest BCUT2D eigenvalue weighted by atomic mass is 35.5. The van der Waals surface area contributed by atoms with Crippen LogP contribution in [0.2, 0.25) is 5.02 Å². The molecule has 0 heterocycles. The summed E-state index contributed by atoms with van der Waals surface area (Å²) in [4.78, 5) is 12.7. The van der Waals surface area contributed by atoms with Crippen LogP contribution in [0.3, 0.4) is 0 Å². The molecule has 0 bridgehead atoms. The molecule has 0 aliphatic heterocycles. The Morgan fingerprint density at radius 3 is 2.72 bits per heavy atom. The summed E-state index contributed by atoms with van der Waals surface area (Å²) in [6, 6.07) is 5.57. The Hall–Kier alpha value is -1.26. The van der Waals surface area contributed by atoms with Crippen LogP contribution >= 0.6 is 11.6 Å². The fourth-order valence-corrected chi connectivity index (χ4v) is 2.01. The minimum Gasteiger partial charge on any atom is -0.495 e. The average Bonchev–Trinajstić information content (AvgIpc) is 2.28. The van der Waals surface area contributed by atoms with Gasteiger partial charge in [0.1, 0.15) is 5.75 Å². The highest BCUT2D eigenvalue weighted by molar-refractivity contribution is 6.32. The van der Waals surface area contributed by atoms with Crippen molar-refractivity contribution in [1.82, 2.24) is 4.90 Å². The number of carbonyl (C=O) groups is 1. The van der Waals surface area contributed by atoms with E-state index in [9.17, 15) is 4.79 Å². The number of carboxylic acids is 1. The number of hydrogen-bond acceptors (Lipinski definition) is 3. The maximum absolute atomic E-state index is 10.8. The van der Waals surface area contributed by atoms with E-state index in [0.717, 1.165) is 5.56 Å². The molecule has 1 aromatic rings. The molecule has 1 rings (SSSR count). The van der Waals surface area contributed by atoms with Crippen molar-refractivity contribution in [3.63, 3.8) is 0 Å². The second kappa shape index (κ2) is 6.61. The van der Waals surface area contributed by atoms with Crippen LogP contribution in [-0.2, 0) is 11.3 Å². The van der Waals surface area contributed by atoms with Gasteiger partial charge in [-0.2, -0.15) is 0 Å². The first kappa shape index (κ1) is 14.8. The molecule has 1 N–H and O–H groups in total. The number of nitrogens with zero attached hydrogens (tertiary/aromatic N) is 1. The molecule has 0 aliphatic rings. The third-order valence-corrected chi connectivity index (χ3v) is 2.97. The van der Waals surface area contributed by atoms with Crippen LogP contribution in [0.4, 0.5) is 0 Å². The first-order valence-electron chi connectivity index (χ1n) is 5.67. The zero-order chi connectivity index (χ0) is 13.7. The molecule has 0 fully saturated rings. The Kier molecular flexibility index (Phi) is 5.44. The third kappa shape index (κ3) is 4.20. The van der Waals surface area contributed by atoms with Crippen LogP contribution in [0.5, 0.6) is 5.75 Å². The van der Waals surface area contributed by atoms with Crippen molar-refractivity contribution in [3.8, 4) is 5.75 Å². The van der Waals surface area contributed by atoms with Crippen molar-refractivity contribution in [2.45, 2.75) is 13.5 Å². The summed E-state index contributed by atoms with van der Waals surface area (Å²) in [5.74, 6) is -0.527. The van der Waals surface area contributed by atoms with Gasteiger partial charge in [-0.3, -0.25) is 4.79 Å². The van der Waals surface area contributed by atoms with Gasteiger partial charge in [0.05, 0.1) is 18.1 Å². The molecule has 18 heavy (non-hydrogen) atoms. The van der Waals surface area contributed by atoms with Gasteiger partial charge in [-0.05, 0) is 24.7 Å². The van der Waals surface area contributed by atoms with Crippen molar-refractivity contribution < 1.29 is 14.6 Å². The quantitative estimate of drug-likeness (QED) is 0.864. The molecule has 100 valence electrons. The van der Waals surface area contributed by atoms with Gasteiger partial charge in [0.25, 0.3) is 0 Å². The molecule has 1 aromatic carbocycles. The number of aliphatic carboxylic acids is 1. The molecule has 0 amide bonds. The van der Waals surface area contributed by atoms with E-state index in [1.54, 1.807) is 14.0 Å². The topological polar surface area (TPSA) is 49.8 Å². The first-order chi connectivity index (χ1) is 8.43. The molecule has 0 radical (unpaired) electrons. The van der Waals surface area contributed by atoms with Gasteiger partial charge in [0, 0.05) is 13.1 Å². The van der Waals surface area contributed by atoms with Crippen molar-refractivity contribution in [3.05, 3.63) is 28.8 Å². The van der Waals surface area contributed by atoms with Crippen LogP contribution < -0.4 is 4.74 Å². The molecular weight excluding hydrogens is 254 g/mol. The minimum absolute atomic E-state index is 0.385. The minimum atomic E-state index is -0.783. The third-order valence-electron chi connectivity index (χ3n) is 2.68. The highest BCUT2D eigenvalue weighted by Gasteiger charge is 2.14. The fourth-order valence-electron chi connectivity index (χ4n) is 1.73. The molecule has 0 spiro atoms. The summed E-state index contributed by atoms with van der Waals surface area (Å²) in [5.41, 5.74) is 1.03. The maximum Gasteiger partial charge on any atom is 0.307 e. The zero-order valence-corrected chi connectivity index (χ0v) is 11.6. The van der Waals surface area contributed by atoms with Gasteiger partial charge < -0.3 is 14.7 Å². The number of benzene rings is 1. The van der Waals surface area contributed by atoms with Crippen LogP contribution in [0.1, 0.15) is 12.5 Å². The van der Waals surface area contributed by atoms with E-state index < -0.39 is 5.97 Å². The largest absolute Gasteiger partial charge is 0.495 e. The summed E-state index contributed by atoms with van der Waals surface area (Å²) in [6.07, 6.45) is 0. The van der Waals surface area contributed by atoms with Crippen molar-refractivity contribution in [2.75, 3.05) is 20.7 Å². The highest BCUT2D eigenvalue weighted by Crippen LogP contribution is 2.25. The first-order valence-corrected chi connectivity index (χ1v) is 6.05. The van der Waals surface area contributed by atoms with Crippen LogP contribution in [-0.4, -0.2) is 36.7 Å². The number of rotatable bonds is 6. The monoisotopic (exact) mass is 271 g/mol. The maximum atomic E-state index is 10.8. The van der Waals surface area contributed by atoms with Crippen LogP contribution in [0.25, 0.3) is 0 Å². The normalized spacial score (nSPS) is 12.5. The van der Waals surface area contributed by atoms with E-state index in [-0.39, 0.29) is 5.92 Å². The van der Waals surface area contributed by atoms with Gasteiger partial charge in [-0.1, -0.05) is 24.6 Å². The smallest absolute Gasteiger partial charge is 0.307 e. The molecule has 1 atom stereocenters. The molecule has 0 aromatic heterocycles. The molecule has 5 heteroatoms. The van der Waals surface area contributed by atoms with Crippen LogP contribution in [0.15, 0.2) is 18.2 Å². The van der Waals surface area contributed by atoms with Crippen molar-refractivity contribution in [2.24, 2.45) is 5.92 Å². The van der Waals surface area contributed by atoms with Crippen molar-refractivity contribution >= 4 is 17.6 Å². The molecule has 4 nitrogen and oxygen atoms in total. The lowest BCUT2D eigenvalue weighted by molar-refractivity contribution is -0.141. The SMILES string of the molecule is COc1ccc(CN(C)CC(C)C(=O)O)cc1Cl. The van der Waals surface area contributed by atoms with E-state index in [0.29, 0.717) is 23.9 Å². The lowest BCUT2D eigenvalue weighted by Gasteiger charge is -2.19. The van der Waals surface area contributed by atoms with Crippen molar-refractivity contribution in [1.29, 1.82) is 0 Å². The molecule has 0 saturated carbocycles. The summed E-state index contributed by atoms with van der Waals surface area (Å²) < 4.78 is 5.08. The molecule has 0 saturated heterocycles. The molecule has 1 unspecified atom stereocenters. The van der Waals surface area contributed by atoms with E-state index in [4.69, 9.17) is 21.4 Å².